The molecule has 20 heavy (non-hydrogen) atoms. The van der Waals surface area contributed by atoms with Crippen molar-refractivity contribution in [2.45, 2.75) is 11.8 Å². The predicted molar refractivity (Wildman–Crippen MR) is 72.8 cm³/mol. The summed E-state index contributed by atoms with van der Waals surface area (Å²) in [5.41, 5.74) is 5.88. The number of rotatable bonds is 3. The Kier molecular flexibility index (Phi) is 3.63. The topological polar surface area (TPSA) is 72.2 Å². The number of nitrogen functional groups attached to an aromatic ring is 1. The smallest absolute Gasteiger partial charge is 0.262 e. The van der Waals surface area contributed by atoms with Crippen LogP contribution < -0.4 is 10.5 Å². The van der Waals surface area contributed by atoms with Crippen LogP contribution in [0.5, 0.6) is 0 Å². The molecule has 0 aromatic heterocycles. The summed E-state index contributed by atoms with van der Waals surface area (Å²) in [6, 6.07) is 7.10. The van der Waals surface area contributed by atoms with Gasteiger partial charge < -0.3 is 5.73 Å². The van der Waals surface area contributed by atoms with Crippen molar-refractivity contribution in [1.82, 2.24) is 0 Å². The lowest BCUT2D eigenvalue weighted by molar-refractivity contribution is 0.583. The molecule has 0 heterocycles. The van der Waals surface area contributed by atoms with Gasteiger partial charge in [-0.3, -0.25) is 4.72 Å². The third-order valence-corrected chi connectivity index (χ3v) is 4.10. The van der Waals surface area contributed by atoms with Gasteiger partial charge in [-0.15, -0.1) is 0 Å². The first-order chi connectivity index (χ1) is 9.31. The standard InChI is InChI=1S/C13H12F2N2O2S/c1-8-7-9(5-6-12(8)16)20(18,19)17-13-10(14)3-2-4-11(13)15/h2-7,17H,16H2,1H3. The maximum absolute atomic E-state index is 13.5. The third-order valence-electron chi connectivity index (χ3n) is 2.75. The Bertz CT molecular complexity index is 741. The van der Waals surface area contributed by atoms with Crippen molar-refractivity contribution in [1.29, 1.82) is 0 Å². The lowest BCUT2D eigenvalue weighted by Crippen LogP contribution is -2.15. The van der Waals surface area contributed by atoms with E-state index in [1.54, 1.807) is 6.92 Å². The van der Waals surface area contributed by atoms with Crippen LogP contribution >= 0.6 is 0 Å². The second kappa shape index (κ2) is 5.09. The summed E-state index contributed by atoms with van der Waals surface area (Å²) < 4.78 is 53.0. The highest BCUT2D eigenvalue weighted by Gasteiger charge is 2.19. The molecule has 106 valence electrons. The minimum Gasteiger partial charge on any atom is -0.399 e. The normalized spacial score (nSPS) is 11.3. The molecule has 2 aromatic carbocycles. The van der Waals surface area contributed by atoms with Gasteiger partial charge in [0.2, 0.25) is 0 Å². The van der Waals surface area contributed by atoms with E-state index >= 15 is 0 Å². The second-order valence-electron chi connectivity index (χ2n) is 4.22. The minimum absolute atomic E-state index is 0.119. The molecule has 0 saturated heterocycles. The molecule has 3 N–H and O–H groups in total. The monoisotopic (exact) mass is 298 g/mol. The van der Waals surface area contributed by atoms with Crippen LogP contribution in [0.25, 0.3) is 0 Å². The lowest BCUT2D eigenvalue weighted by Gasteiger charge is -2.11. The van der Waals surface area contributed by atoms with E-state index in [2.05, 4.69) is 0 Å². The number of benzene rings is 2. The van der Waals surface area contributed by atoms with E-state index < -0.39 is 27.3 Å². The first-order valence-electron chi connectivity index (χ1n) is 5.64. The molecule has 0 unspecified atom stereocenters. The number of anilines is 2. The Morgan fingerprint density at radius 3 is 2.25 bits per heavy atom. The van der Waals surface area contributed by atoms with Crippen molar-refractivity contribution in [2.24, 2.45) is 0 Å². The summed E-state index contributed by atoms with van der Waals surface area (Å²) in [6.07, 6.45) is 0. The quantitative estimate of drug-likeness (QED) is 0.856. The van der Waals surface area contributed by atoms with Gasteiger partial charge >= 0.3 is 0 Å². The van der Waals surface area contributed by atoms with Gasteiger partial charge in [-0.25, -0.2) is 17.2 Å². The average molecular weight is 298 g/mol. The Hall–Kier alpha value is -2.15. The molecule has 4 nitrogen and oxygen atoms in total. The van der Waals surface area contributed by atoms with Gasteiger partial charge in [0.25, 0.3) is 10.0 Å². The molecule has 0 aliphatic rings. The Morgan fingerprint density at radius 2 is 1.70 bits per heavy atom. The zero-order chi connectivity index (χ0) is 14.9. The Labute approximate surface area is 115 Å². The van der Waals surface area contributed by atoms with Crippen molar-refractivity contribution in [3.63, 3.8) is 0 Å². The van der Waals surface area contributed by atoms with E-state index in [4.69, 9.17) is 5.73 Å². The highest BCUT2D eigenvalue weighted by Crippen LogP contribution is 2.23. The van der Waals surface area contributed by atoms with Gasteiger partial charge in [0, 0.05) is 5.69 Å². The molecular formula is C13H12F2N2O2S. The van der Waals surface area contributed by atoms with Crippen LogP contribution in [0.15, 0.2) is 41.3 Å². The fraction of sp³-hybridized carbons (Fsp3) is 0.0769. The first-order valence-corrected chi connectivity index (χ1v) is 7.12. The van der Waals surface area contributed by atoms with Crippen LogP contribution in [0.1, 0.15) is 5.56 Å². The number of sulfonamides is 1. The van der Waals surface area contributed by atoms with Crippen LogP contribution in [0.3, 0.4) is 0 Å². The molecule has 2 rings (SSSR count). The van der Waals surface area contributed by atoms with Crippen LogP contribution in [0.2, 0.25) is 0 Å². The van der Waals surface area contributed by atoms with E-state index in [1.165, 1.54) is 18.2 Å². The fourth-order valence-corrected chi connectivity index (χ4v) is 2.76. The predicted octanol–water partition coefficient (Wildman–Crippen LogP) is 2.66. The molecule has 7 heteroatoms. The lowest BCUT2D eigenvalue weighted by atomic mass is 10.2. The summed E-state index contributed by atoms with van der Waals surface area (Å²) >= 11 is 0. The summed E-state index contributed by atoms with van der Waals surface area (Å²) in [5.74, 6) is -1.97. The first kappa shape index (κ1) is 14.3. The van der Waals surface area contributed by atoms with Gasteiger partial charge in [-0.05, 0) is 42.8 Å². The van der Waals surface area contributed by atoms with E-state index in [9.17, 15) is 17.2 Å². The SMILES string of the molecule is Cc1cc(S(=O)(=O)Nc2c(F)cccc2F)ccc1N. The summed E-state index contributed by atoms with van der Waals surface area (Å²) in [7, 11) is -4.08. The Balaban J connectivity index is 2.43. The minimum atomic E-state index is -4.08. The molecule has 0 aliphatic carbocycles. The summed E-state index contributed by atoms with van der Waals surface area (Å²) in [6.45, 7) is 1.64. The zero-order valence-corrected chi connectivity index (χ0v) is 11.3. The van der Waals surface area contributed by atoms with E-state index in [0.29, 0.717) is 11.3 Å². The number of nitrogens with two attached hydrogens (primary N) is 1. The van der Waals surface area contributed by atoms with Gasteiger partial charge in [-0.1, -0.05) is 6.07 Å². The van der Waals surface area contributed by atoms with E-state index in [1.807, 2.05) is 4.72 Å². The fourth-order valence-electron chi connectivity index (χ4n) is 1.60. The number of hydrogen-bond acceptors (Lipinski definition) is 3. The van der Waals surface area contributed by atoms with Crippen LogP contribution in [-0.2, 0) is 10.0 Å². The molecular weight excluding hydrogens is 286 g/mol. The number of hydrogen-bond donors (Lipinski definition) is 2. The van der Waals surface area contributed by atoms with Gasteiger partial charge in [0.15, 0.2) is 0 Å². The number of para-hydroxylation sites is 1. The molecule has 0 amide bonds. The number of aryl methyl sites for hydroxylation is 1. The van der Waals surface area contributed by atoms with E-state index in [-0.39, 0.29) is 4.90 Å². The van der Waals surface area contributed by atoms with Gasteiger partial charge in [-0.2, -0.15) is 0 Å². The largest absolute Gasteiger partial charge is 0.399 e. The molecule has 0 aliphatic heterocycles. The van der Waals surface area contributed by atoms with Crippen LogP contribution in [-0.4, -0.2) is 8.42 Å². The maximum atomic E-state index is 13.5. The zero-order valence-electron chi connectivity index (χ0n) is 10.5. The molecule has 0 fully saturated rings. The molecule has 0 spiro atoms. The van der Waals surface area contributed by atoms with E-state index in [0.717, 1.165) is 18.2 Å². The van der Waals surface area contributed by atoms with Crippen molar-refractivity contribution < 1.29 is 17.2 Å². The van der Waals surface area contributed by atoms with Crippen molar-refractivity contribution in [2.75, 3.05) is 10.5 Å². The summed E-state index contributed by atoms with van der Waals surface area (Å²) in [4.78, 5) is -0.119. The van der Waals surface area contributed by atoms with Crippen LogP contribution in [0.4, 0.5) is 20.2 Å². The number of nitrogens with one attached hydrogen (secondary N) is 1. The molecule has 0 bridgehead atoms. The molecule has 2 aromatic rings. The van der Waals surface area contributed by atoms with Gasteiger partial charge in [0.1, 0.15) is 17.3 Å². The second-order valence-corrected chi connectivity index (χ2v) is 5.90. The van der Waals surface area contributed by atoms with Gasteiger partial charge in [0.05, 0.1) is 4.90 Å². The molecule has 0 atom stereocenters. The third kappa shape index (κ3) is 2.72. The van der Waals surface area contributed by atoms with Crippen molar-refractivity contribution in [3.8, 4) is 0 Å². The van der Waals surface area contributed by atoms with Crippen molar-refractivity contribution >= 4 is 21.4 Å². The number of halogens is 2. The Morgan fingerprint density at radius 1 is 1.10 bits per heavy atom. The average Bonchev–Trinajstić information content (AvgIpc) is 2.37. The maximum Gasteiger partial charge on any atom is 0.262 e. The summed E-state index contributed by atoms with van der Waals surface area (Å²) in [5, 5.41) is 0. The highest BCUT2D eigenvalue weighted by atomic mass is 32.2. The van der Waals surface area contributed by atoms with Crippen LogP contribution in [0, 0.1) is 18.6 Å². The molecule has 0 radical (unpaired) electrons. The molecule has 0 saturated carbocycles. The van der Waals surface area contributed by atoms with Crippen molar-refractivity contribution in [3.05, 3.63) is 53.6 Å². The highest BCUT2D eigenvalue weighted by molar-refractivity contribution is 7.92.